The van der Waals surface area contributed by atoms with Crippen molar-refractivity contribution in [2.45, 2.75) is 27.2 Å². The molecule has 3 rings (SSSR count). The van der Waals surface area contributed by atoms with E-state index in [1.54, 1.807) is 6.20 Å². The summed E-state index contributed by atoms with van der Waals surface area (Å²) in [6.45, 7) is 5.93. The standard InChI is InChI=1S/C17H18N4O/c1-4-13-15(21-9-7-11(2)10-14(21)19-13)17(22)20-16-12(3)6-5-8-18-16/h5-10H,4H2,1-3H3,(H,18,20,22). The highest BCUT2D eigenvalue weighted by Gasteiger charge is 2.19. The lowest BCUT2D eigenvalue weighted by molar-refractivity contribution is 0.102. The van der Waals surface area contributed by atoms with Crippen LogP contribution in [0.1, 0.15) is 34.2 Å². The predicted molar refractivity (Wildman–Crippen MR) is 86.2 cm³/mol. The second-order valence-corrected chi connectivity index (χ2v) is 5.32. The van der Waals surface area contributed by atoms with Gasteiger partial charge in [-0.05, 0) is 49.6 Å². The van der Waals surface area contributed by atoms with Crippen LogP contribution in [0.3, 0.4) is 0 Å². The molecular formula is C17H18N4O. The number of nitrogens with zero attached hydrogens (tertiary/aromatic N) is 3. The molecule has 0 aromatic carbocycles. The van der Waals surface area contributed by atoms with Crippen LogP contribution in [0.15, 0.2) is 36.7 Å². The number of carbonyl (C=O) groups is 1. The van der Waals surface area contributed by atoms with E-state index in [0.29, 0.717) is 17.9 Å². The van der Waals surface area contributed by atoms with Gasteiger partial charge in [-0.15, -0.1) is 0 Å². The van der Waals surface area contributed by atoms with Gasteiger partial charge in [0.05, 0.1) is 5.69 Å². The van der Waals surface area contributed by atoms with E-state index >= 15 is 0 Å². The van der Waals surface area contributed by atoms with Crippen molar-refractivity contribution in [3.8, 4) is 0 Å². The van der Waals surface area contributed by atoms with Crippen molar-refractivity contribution in [3.05, 3.63) is 59.2 Å². The zero-order chi connectivity index (χ0) is 15.7. The molecule has 0 aliphatic carbocycles. The number of imidazole rings is 1. The van der Waals surface area contributed by atoms with Gasteiger partial charge in [-0.2, -0.15) is 0 Å². The Morgan fingerprint density at radius 1 is 1.32 bits per heavy atom. The van der Waals surface area contributed by atoms with Crippen molar-refractivity contribution in [2.75, 3.05) is 5.32 Å². The van der Waals surface area contributed by atoms with Gasteiger partial charge in [-0.1, -0.05) is 13.0 Å². The molecule has 0 aliphatic rings. The Morgan fingerprint density at radius 2 is 2.14 bits per heavy atom. The summed E-state index contributed by atoms with van der Waals surface area (Å²) < 4.78 is 1.83. The van der Waals surface area contributed by atoms with E-state index in [1.165, 1.54) is 0 Å². The Balaban J connectivity index is 2.05. The van der Waals surface area contributed by atoms with E-state index < -0.39 is 0 Å². The minimum absolute atomic E-state index is 0.185. The fourth-order valence-electron chi connectivity index (χ4n) is 2.47. The lowest BCUT2D eigenvalue weighted by Gasteiger charge is -2.08. The first-order valence-electron chi connectivity index (χ1n) is 7.30. The van der Waals surface area contributed by atoms with Crippen LogP contribution in [-0.2, 0) is 6.42 Å². The van der Waals surface area contributed by atoms with Crippen molar-refractivity contribution in [1.82, 2.24) is 14.4 Å². The van der Waals surface area contributed by atoms with Crippen LogP contribution in [-0.4, -0.2) is 20.3 Å². The molecule has 1 N–H and O–H groups in total. The number of hydrogen-bond acceptors (Lipinski definition) is 3. The van der Waals surface area contributed by atoms with Crippen LogP contribution in [0, 0.1) is 13.8 Å². The molecule has 0 saturated carbocycles. The number of fused-ring (bicyclic) bond motifs is 1. The van der Waals surface area contributed by atoms with Gasteiger partial charge in [-0.3, -0.25) is 9.20 Å². The van der Waals surface area contributed by atoms with Crippen molar-refractivity contribution in [3.63, 3.8) is 0 Å². The third-order valence-corrected chi connectivity index (χ3v) is 3.65. The number of nitrogens with one attached hydrogen (secondary N) is 1. The van der Waals surface area contributed by atoms with Crippen LogP contribution in [0.4, 0.5) is 5.82 Å². The maximum atomic E-state index is 12.7. The summed E-state index contributed by atoms with van der Waals surface area (Å²) in [6.07, 6.45) is 4.25. The molecule has 0 spiro atoms. The van der Waals surface area contributed by atoms with Crippen molar-refractivity contribution in [2.24, 2.45) is 0 Å². The fourth-order valence-corrected chi connectivity index (χ4v) is 2.47. The molecule has 0 aliphatic heterocycles. The molecule has 1 amide bonds. The average molecular weight is 294 g/mol. The number of aromatic nitrogens is 3. The molecule has 0 atom stereocenters. The molecule has 0 unspecified atom stereocenters. The van der Waals surface area contributed by atoms with Gasteiger partial charge in [0.2, 0.25) is 0 Å². The quantitative estimate of drug-likeness (QED) is 0.807. The smallest absolute Gasteiger partial charge is 0.275 e. The summed E-state index contributed by atoms with van der Waals surface area (Å²) in [5, 5.41) is 2.88. The Hall–Kier alpha value is -2.69. The first kappa shape index (κ1) is 14.3. The van der Waals surface area contributed by atoms with Crippen molar-refractivity contribution < 1.29 is 4.79 Å². The normalized spacial score (nSPS) is 10.9. The predicted octanol–water partition coefficient (Wildman–Crippen LogP) is 3.16. The molecular weight excluding hydrogens is 276 g/mol. The van der Waals surface area contributed by atoms with Gasteiger partial charge in [0.15, 0.2) is 0 Å². The Bertz CT molecular complexity index is 851. The highest BCUT2D eigenvalue weighted by atomic mass is 16.2. The average Bonchev–Trinajstić information content (AvgIpc) is 2.87. The van der Waals surface area contributed by atoms with E-state index in [4.69, 9.17) is 0 Å². The molecule has 22 heavy (non-hydrogen) atoms. The van der Waals surface area contributed by atoms with Gasteiger partial charge in [0.1, 0.15) is 17.2 Å². The monoisotopic (exact) mass is 294 g/mol. The maximum Gasteiger partial charge on any atom is 0.275 e. The largest absolute Gasteiger partial charge is 0.305 e. The van der Waals surface area contributed by atoms with Crippen LogP contribution in [0.25, 0.3) is 5.65 Å². The number of amides is 1. The summed E-state index contributed by atoms with van der Waals surface area (Å²) in [5.74, 6) is 0.395. The van der Waals surface area contributed by atoms with Crippen LogP contribution >= 0.6 is 0 Å². The maximum absolute atomic E-state index is 12.7. The Morgan fingerprint density at radius 3 is 2.86 bits per heavy atom. The van der Waals surface area contributed by atoms with Gasteiger partial charge < -0.3 is 5.32 Å². The summed E-state index contributed by atoms with van der Waals surface area (Å²) >= 11 is 0. The number of carbonyl (C=O) groups excluding carboxylic acids is 1. The number of anilines is 1. The van der Waals surface area contributed by atoms with Gasteiger partial charge in [-0.25, -0.2) is 9.97 Å². The molecule has 0 bridgehead atoms. The summed E-state index contributed by atoms with van der Waals surface area (Å²) in [7, 11) is 0. The van der Waals surface area contributed by atoms with Gasteiger partial charge in [0, 0.05) is 12.4 Å². The van der Waals surface area contributed by atoms with Crippen LogP contribution in [0.2, 0.25) is 0 Å². The van der Waals surface area contributed by atoms with Crippen molar-refractivity contribution in [1.29, 1.82) is 0 Å². The third-order valence-electron chi connectivity index (χ3n) is 3.65. The summed E-state index contributed by atoms with van der Waals surface area (Å²) in [6, 6.07) is 7.71. The highest BCUT2D eigenvalue weighted by Crippen LogP contribution is 2.17. The zero-order valence-electron chi connectivity index (χ0n) is 12.9. The number of pyridine rings is 2. The zero-order valence-corrected chi connectivity index (χ0v) is 12.9. The number of aryl methyl sites for hydroxylation is 3. The molecule has 0 fully saturated rings. The van der Waals surface area contributed by atoms with Crippen molar-refractivity contribution >= 4 is 17.4 Å². The molecule has 5 nitrogen and oxygen atoms in total. The lowest BCUT2D eigenvalue weighted by Crippen LogP contribution is -2.17. The van der Waals surface area contributed by atoms with Gasteiger partial charge in [0.25, 0.3) is 5.91 Å². The molecule has 0 radical (unpaired) electrons. The van der Waals surface area contributed by atoms with E-state index in [-0.39, 0.29) is 5.91 Å². The minimum atomic E-state index is -0.185. The van der Waals surface area contributed by atoms with Crippen LogP contribution < -0.4 is 5.32 Å². The first-order valence-corrected chi connectivity index (χ1v) is 7.30. The van der Waals surface area contributed by atoms with E-state index in [0.717, 1.165) is 22.5 Å². The second-order valence-electron chi connectivity index (χ2n) is 5.32. The molecule has 112 valence electrons. The lowest BCUT2D eigenvalue weighted by atomic mass is 10.2. The molecule has 5 heteroatoms. The SMILES string of the molecule is CCc1nc2cc(C)ccn2c1C(=O)Nc1ncccc1C. The molecule has 3 heterocycles. The Labute approximate surface area is 129 Å². The van der Waals surface area contributed by atoms with E-state index in [1.807, 2.05) is 55.6 Å². The topological polar surface area (TPSA) is 59.3 Å². The molecule has 3 aromatic heterocycles. The summed E-state index contributed by atoms with van der Waals surface area (Å²) in [4.78, 5) is 21.5. The van der Waals surface area contributed by atoms with Gasteiger partial charge >= 0.3 is 0 Å². The van der Waals surface area contributed by atoms with E-state index in [9.17, 15) is 4.79 Å². The van der Waals surface area contributed by atoms with E-state index in [2.05, 4.69) is 15.3 Å². The van der Waals surface area contributed by atoms with Crippen LogP contribution in [0.5, 0.6) is 0 Å². The highest BCUT2D eigenvalue weighted by molar-refractivity contribution is 6.04. The Kier molecular flexibility index (Phi) is 3.63. The summed E-state index contributed by atoms with van der Waals surface area (Å²) in [5.41, 5.74) is 4.20. The second kappa shape index (κ2) is 5.60. The molecule has 3 aromatic rings. The third kappa shape index (κ3) is 2.45. The fraction of sp³-hybridized carbons (Fsp3) is 0.235. The minimum Gasteiger partial charge on any atom is -0.305 e. The number of hydrogen-bond donors (Lipinski definition) is 1. The molecule has 0 saturated heterocycles. The first-order chi connectivity index (χ1) is 10.6. The number of rotatable bonds is 3.